The molecule has 2 rings (SSSR count). The van der Waals surface area contributed by atoms with Crippen molar-refractivity contribution in [3.8, 4) is 0 Å². The third-order valence-corrected chi connectivity index (χ3v) is 4.46. The van der Waals surface area contributed by atoms with Crippen molar-refractivity contribution >= 4 is 46.6 Å². The van der Waals surface area contributed by atoms with Gasteiger partial charge in [-0.2, -0.15) is 0 Å². The molecule has 21 heavy (non-hydrogen) atoms. The van der Waals surface area contributed by atoms with Gasteiger partial charge in [-0.3, -0.25) is 4.79 Å². The summed E-state index contributed by atoms with van der Waals surface area (Å²) in [6, 6.07) is 14.9. The number of benzene rings is 2. The van der Waals surface area contributed by atoms with Gasteiger partial charge in [0.2, 0.25) is 5.91 Å². The summed E-state index contributed by atoms with van der Waals surface area (Å²) in [7, 11) is 0. The maximum atomic E-state index is 11.8. The number of carbonyl (C=O) groups excluding carboxylic acids is 1. The monoisotopic (exact) mass is 339 g/mol. The molecule has 0 aromatic heterocycles. The van der Waals surface area contributed by atoms with Crippen LogP contribution in [0.3, 0.4) is 0 Å². The van der Waals surface area contributed by atoms with E-state index in [1.54, 1.807) is 23.9 Å². The summed E-state index contributed by atoms with van der Waals surface area (Å²) < 4.78 is 0. The Labute approximate surface area is 138 Å². The highest BCUT2D eigenvalue weighted by Crippen LogP contribution is 2.22. The Morgan fingerprint density at radius 2 is 1.76 bits per heavy atom. The van der Waals surface area contributed by atoms with Crippen LogP contribution in [0.2, 0.25) is 10.0 Å². The third-order valence-electron chi connectivity index (χ3n) is 2.78. The maximum Gasteiger partial charge on any atom is 0.224 e. The molecule has 5 heteroatoms. The lowest BCUT2D eigenvalue weighted by molar-refractivity contribution is -0.116. The summed E-state index contributed by atoms with van der Waals surface area (Å²) >= 11 is 13.5. The predicted octanol–water partition coefficient (Wildman–Crippen LogP) is 5.50. The van der Waals surface area contributed by atoms with Crippen LogP contribution in [0, 0.1) is 0 Å². The molecule has 0 heterocycles. The fourth-order valence-electron chi connectivity index (χ4n) is 1.73. The lowest BCUT2D eigenvalue weighted by Crippen LogP contribution is -2.11. The number of carbonyl (C=O) groups is 1. The van der Waals surface area contributed by atoms with Gasteiger partial charge in [0, 0.05) is 16.3 Å². The first-order valence-corrected chi connectivity index (χ1v) is 8.32. The summed E-state index contributed by atoms with van der Waals surface area (Å²) in [5.41, 5.74) is 0.662. The highest BCUT2D eigenvalue weighted by atomic mass is 35.5. The molecule has 0 spiro atoms. The number of nitrogens with one attached hydrogen (secondary N) is 1. The van der Waals surface area contributed by atoms with E-state index in [0.29, 0.717) is 17.1 Å². The van der Waals surface area contributed by atoms with E-state index in [-0.39, 0.29) is 5.91 Å². The van der Waals surface area contributed by atoms with E-state index in [4.69, 9.17) is 23.2 Å². The van der Waals surface area contributed by atoms with Crippen LogP contribution in [0.25, 0.3) is 0 Å². The number of hydrogen-bond acceptors (Lipinski definition) is 2. The number of thioether (sulfide) groups is 1. The number of para-hydroxylation sites is 1. The van der Waals surface area contributed by atoms with Crippen LogP contribution in [0.15, 0.2) is 53.4 Å². The van der Waals surface area contributed by atoms with Crippen molar-refractivity contribution in [1.29, 1.82) is 0 Å². The van der Waals surface area contributed by atoms with Crippen LogP contribution in [-0.2, 0) is 4.79 Å². The number of hydrogen-bond donors (Lipinski definition) is 1. The molecule has 0 saturated carbocycles. The molecular formula is C16H15Cl2NOS. The van der Waals surface area contributed by atoms with Gasteiger partial charge in [0.15, 0.2) is 0 Å². The SMILES string of the molecule is O=C(CCCSc1ccc(Cl)cc1)Nc1ccccc1Cl. The Kier molecular flexibility index (Phi) is 6.43. The molecular weight excluding hydrogens is 325 g/mol. The van der Waals surface area contributed by atoms with Gasteiger partial charge in [0.1, 0.15) is 0 Å². The molecule has 0 aliphatic carbocycles. The molecule has 0 bridgehead atoms. The van der Waals surface area contributed by atoms with E-state index in [9.17, 15) is 4.79 Å². The average Bonchev–Trinajstić information content (AvgIpc) is 2.48. The van der Waals surface area contributed by atoms with Crippen molar-refractivity contribution in [2.75, 3.05) is 11.1 Å². The molecule has 0 fully saturated rings. The molecule has 110 valence electrons. The van der Waals surface area contributed by atoms with Gasteiger partial charge in [-0.25, -0.2) is 0 Å². The Hall–Kier alpha value is -1.16. The third kappa shape index (κ3) is 5.62. The molecule has 1 amide bonds. The average molecular weight is 340 g/mol. The van der Waals surface area contributed by atoms with Crippen molar-refractivity contribution in [3.63, 3.8) is 0 Å². The highest BCUT2D eigenvalue weighted by molar-refractivity contribution is 7.99. The molecule has 0 radical (unpaired) electrons. The molecule has 2 nitrogen and oxygen atoms in total. The van der Waals surface area contributed by atoms with E-state index in [0.717, 1.165) is 22.1 Å². The van der Waals surface area contributed by atoms with Gasteiger partial charge >= 0.3 is 0 Å². The Bertz CT molecular complexity index is 601. The van der Waals surface area contributed by atoms with Gasteiger partial charge in [0.25, 0.3) is 0 Å². The molecule has 2 aromatic carbocycles. The first-order chi connectivity index (χ1) is 10.1. The Morgan fingerprint density at radius 3 is 2.48 bits per heavy atom. The van der Waals surface area contributed by atoms with Gasteiger partial charge in [-0.15, -0.1) is 11.8 Å². The van der Waals surface area contributed by atoms with Crippen molar-refractivity contribution in [2.24, 2.45) is 0 Å². The number of halogens is 2. The van der Waals surface area contributed by atoms with E-state index in [1.807, 2.05) is 36.4 Å². The van der Waals surface area contributed by atoms with Crippen LogP contribution >= 0.6 is 35.0 Å². The Morgan fingerprint density at radius 1 is 1.05 bits per heavy atom. The lowest BCUT2D eigenvalue weighted by atomic mass is 10.3. The van der Waals surface area contributed by atoms with E-state index in [1.165, 1.54) is 0 Å². The second-order valence-electron chi connectivity index (χ2n) is 4.43. The second-order valence-corrected chi connectivity index (χ2v) is 6.45. The summed E-state index contributed by atoms with van der Waals surface area (Å²) in [4.78, 5) is 13.0. The molecule has 0 aliphatic heterocycles. The van der Waals surface area contributed by atoms with Gasteiger partial charge in [-0.1, -0.05) is 35.3 Å². The van der Waals surface area contributed by atoms with Crippen molar-refractivity contribution < 1.29 is 4.79 Å². The molecule has 0 saturated heterocycles. The summed E-state index contributed by atoms with van der Waals surface area (Å²) in [6.45, 7) is 0. The van der Waals surface area contributed by atoms with Crippen molar-refractivity contribution in [2.45, 2.75) is 17.7 Å². The normalized spacial score (nSPS) is 10.4. The molecule has 0 unspecified atom stereocenters. The van der Waals surface area contributed by atoms with Crippen molar-refractivity contribution in [1.82, 2.24) is 0 Å². The topological polar surface area (TPSA) is 29.1 Å². The standard InChI is InChI=1S/C16H15Cl2NOS/c17-12-7-9-13(10-8-12)21-11-3-6-16(20)19-15-5-2-1-4-14(15)18/h1-2,4-5,7-10H,3,6,11H2,(H,19,20). The van der Waals surface area contributed by atoms with Crippen LogP contribution < -0.4 is 5.32 Å². The number of rotatable bonds is 6. The quantitative estimate of drug-likeness (QED) is 0.555. The van der Waals surface area contributed by atoms with Crippen LogP contribution in [0.1, 0.15) is 12.8 Å². The fourth-order valence-corrected chi connectivity index (χ4v) is 2.89. The minimum Gasteiger partial charge on any atom is -0.325 e. The lowest BCUT2D eigenvalue weighted by Gasteiger charge is -2.06. The zero-order valence-corrected chi connectivity index (χ0v) is 13.6. The van der Waals surface area contributed by atoms with E-state index in [2.05, 4.69) is 5.32 Å². The summed E-state index contributed by atoms with van der Waals surface area (Å²) in [5.74, 6) is 0.872. The second kappa shape index (κ2) is 8.32. The van der Waals surface area contributed by atoms with Crippen LogP contribution in [-0.4, -0.2) is 11.7 Å². The van der Waals surface area contributed by atoms with Crippen molar-refractivity contribution in [3.05, 3.63) is 58.6 Å². The summed E-state index contributed by atoms with van der Waals surface area (Å²) in [5, 5.41) is 4.11. The summed E-state index contributed by atoms with van der Waals surface area (Å²) in [6.07, 6.45) is 1.29. The predicted molar refractivity (Wildman–Crippen MR) is 91.5 cm³/mol. The van der Waals surface area contributed by atoms with Crippen LogP contribution in [0.5, 0.6) is 0 Å². The maximum absolute atomic E-state index is 11.8. The molecule has 0 atom stereocenters. The zero-order valence-electron chi connectivity index (χ0n) is 11.3. The van der Waals surface area contributed by atoms with E-state index < -0.39 is 0 Å². The molecule has 2 aromatic rings. The highest BCUT2D eigenvalue weighted by Gasteiger charge is 2.05. The Balaban J connectivity index is 1.70. The zero-order chi connectivity index (χ0) is 15.1. The first-order valence-electron chi connectivity index (χ1n) is 6.58. The first kappa shape index (κ1) is 16.2. The number of anilines is 1. The number of amides is 1. The smallest absolute Gasteiger partial charge is 0.224 e. The van der Waals surface area contributed by atoms with Crippen LogP contribution in [0.4, 0.5) is 5.69 Å². The minimum atomic E-state index is -0.0141. The fraction of sp³-hybridized carbons (Fsp3) is 0.188. The van der Waals surface area contributed by atoms with Gasteiger partial charge in [0.05, 0.1) is 10.7 Å². The van der Waals surface area contributed by atoms with Gasteiger partial charge in [-0.05, 0) is 48.6 Å². The molecule has 1 N–H and O–H groups in total. The largest absolute Gasteiger partial charge is 0.325 e. The van der Waals surface area contributed by atoms with E-state index >= 15 is 0 Å². The minimum absolute atomic E-state index is 0.0141. The van der Waals surface area contributed by atoms with Gasteiger partial charge < -0.3 is 5.32 Å². The molecule has 0 aliphatic rings.